The van der Waals surface area contributed by atoms with Crippen LogP contribution in [0.25, 0.3) is 0 Å². The maximum absolute atomic E-state index is 8.38. The smallest absolute Gasteiger partial charge is 0.0991 e. The fraction of sp³-hybridized carbons (Fsp3) is 0. The fourth-order valence-corrected chi connectivity index (χ4v) is 0.389. The maximum Gasteiger partial charge on any atom is 0.0991 e. The molecule has 0 radical (unpaired) electrons. The summed E-state index contributed by atoms with van der Waals surface area (Å²) in [7, 11) is 0. The highest BCUT2D eigenvalue weighted by Gasteiger charge is 1.79. The highest BCUT2D eigenvalue weighted by Crippen LogP contribution is 1.92. The summed E-state index contributed by atoms with van der Waals surface area (Å²) in [4.78, 5) is 0. The number of allylic oxidation sites excluding steroid dienone is 6. The van der Waals surface area contributed by atoms with Crippen LogP contribution in [-0.4, -0.2) is 0 Å². The first-order valence-electron chi connectivity index (χ1n) is 2.87. The van der Waals surface area contributed by atoms with Crippen molar-refractivity contribution in [2.45, 2.75) is 0 Å². The van der Waals surface area contributed by atoms with Crippen LogP contribution < -0.4 is 0 Å². The van der Waals surface area contributed by atoms with Gasteiger partial charge in [0.1, 0.15) is 0 Å². The van der Waals surface area contributed by atoms with Crippen LogP contribution >= 0.6 is 0 Å². The summed E-state index contributed by atoms with van der Waals surface area (Å²) in [5.74, 6) is 0. The predicted octanol–water partition coefficient (Wildman–Crippen LogP) is 2.36. The average molecular weight is 131 g/mol. The number of hydrogen-bond donors (Lipinski definition) is 0. The first kappa shape index (κ1) is 8.45. The van der Waals surface area contributed by atoms with Gasteiger partial charge in [-0.05, 0) is 6.08 Å². The third-order valence-corrected chi connectivity index (χ3v) is 0.872. The van der Waals surface area contributed by atoms with Gasteiger partial charge >= 0.3 is 0 Å². The van der Waals surface area contributed by atoms with Gasteiger partial charge in [0.2, 0.25) is 0 Å². The molecule has 0 heterocycles. The summed E-state index contributed by atoms with van der Waals surface area (Å²) in [5, 5.41) is 8.38. The Kier molecular flexibility index (Phi) is 4.72. The zero-order valence-electron chi connectivity index (χ0n) is 5.75. The van der Waals surface area contributed by atoms with Gasteiger partial charge in [-0.25, -0.2) is 0 Å². The van der Waals surface area contributed by atoms with Crippen LogP contribution in [0, 0.1) is 11.3 Å². The molecule has 0 aliphatic heterocycles. The first-order valence-corrected chi connectivity index (χ1v) is 2.87. The van der Waals surface area contributed by atoms with Crippen LogP contribution in [0.3, 0.4) is 0 Å². The Balaban J connectivity index is 4.15. The Morgan fingerprint density at radius 2 is 2.00 bits per heavy atom. The summed E-state index contributed by atoms with van der Waals surface area (Å²) in [6.07, 6.45) is 8.32. The SMILES string of the molecule is C=C/C=C\C=C(\C#N)C=C. The summed E-state index contributed by atoms with van der Waals surface area (Å²) >= 11 is 0. The normalized spacial score (nSPS) is 10.9. The molecule has 50 valence electrons. The van der Waals surface area contributed by atoms with Crippen molar-refractivity contribution < 1.29 is 0 Å². The van der Waals surface area contributed by atoms with Gasteiger partial charge in [-0.1, -0.05) is 37.5 Å². The lowest BCUT2D eigenvalue weighted by Crippen LogP contribution is -1.65. The van der Waals surface area contributed by atoms with E-state index in [1.807, 2.05) is 6.07 Å². The molecule has 0 aliphatic carbocycles. The molecule has 0 N–H and O–H groups in total. The largest absolute Gasteiger partial charge is 0.192 e. The van der Waals surface area contributed by atoms with Gasteiger partial charge in [0, 0.05) is 0 Å². The highest BCUT2D eigenvalue weighted by molar-refractivity contribution is 5.34. The van der Waals surface area contributed by atoms with Crippen molar-refractivity contribution in [1.82, 2.24) is 0 Å². The van der Waals surface area contributed by atoms with Crippen molar-refractivity contribution in [3.63, 3.8) is 0 Å². The maximum atomic E-state index is 8.38. The molecule has 0 aromatic heterocycles. The molecule has 1 nitrogen and oxygen atoms in total. The summed E-state index contributed by atoms with van der Waals surface area (Å²) in [6, 6.07) is 1.97. The second-order valence-electron chi connectivity index (χ2n) is 1.56. The molecule has 0 saturated carbocycles. The molecule has 0 saturated heterocycles. The van der Waals surface area contributed by atoms with E-state index < -0.39 is 0 Å². The quantitative estimate of drug-likeness (QED) is 0.426. The van der Waals surface area contributed by atoms with Crippen molar-refractivity contribution in [3.8, 4) is 6.07 Å². The van der Waals surface area contributed by atoms with Crippen LogP contribution in [0.5, 0.6) is 0 Å². The lowest BCUT2D eigenvalue weighted by Gasteiger charge is -1.78. The van der Waals surface area contributed by atoms with Gasteiger partial charge in [0.05, 0.1) is 11.6 Å². The molecule has 1 heteroatoms. The summed E-state index contributed by atoms with van der Waals surface area (Å²) in [5.41, 5.74) is 0.554. The van der Waals surface area contributed by atoms with Crippen LogP contribution in [0.2, 0.25) is 0 Å². The predicted molar refractivity (Wildman–Crippen MR) is 43.2 cm³/mol. The van der Waals surface area contributed by atoms with Gasteiger partial charge in [-0.2, -0.15) is 5.26 Å². The second-order valence-corrected chi connectivity index (χ2v) is 1.56. The van der Waals surface area contributed by atoms with Crippen molar-refractivity contribution in [3.05, 3.63) is 49.1 Å². The van der Waals surface area contributed by atoms with Crippen LogP contribution in [0.1, 0.15) is 0 Å². The Morgan fingerprint density at radius 1 is 1.30 bits per heavy atom. The number of nitriles is 1. The van der Waals surface area contributed by atoms with Crippen molar-refractivity contribution in [1.29, 1.82) is 5.26 Å². The van der Waals surface area contributed by atoms with Crippen molar-refractivity contribution in [2.75, 3.05) is 0 Å². The van der Waals surface area contributed by atoms with E-state index in [1.165, 1.54) is 6.08 Å². The fourth-order valence-electron chi connectivity index (χ4n) is 0.389. The lowest BCUT2D eigenvalue weighted by atomic mass is 10.2. The molecule has 0 aromatic carbocycles. The molecule has 0 amide bonds. The van der Waals surface area contributed by atoms with Crippen LogP contribution in [0.4, 0.5) is 0 Å². The molecule has 0 fully saturated rings. The molecule has 10 heavy (non-hydrogen) atoms. The van der Waals surface area contributed by atoms with E-state index >= 15 is 0 Å². The molecular weight excluding hydrogens is 122 g/mol. The first-order chi connectivity index (χ1) is 4.85. The van der Waals surface area contributed by atoms with E-state index in [2.05, 4.69) is 13.2 Å². The molecule has 0 bridgehead atoms. The number of rotatable bonds is 3. The van der Waals surface area contributed by atoms with Gasteiger partial charge in [-0.3, -0.25) is 0 Å². The van der Waals surface area contributed by atoms with Crippen molar-refractivity contribution >= 4 is 0 Å². The summed E-state index contributed by atoms with van der Waals surface area (Å²) < 4.78 is 0. The topological polar surface area (TPSA) is 23.8 Å². The third kappa shape index (κ3) is 3.45. The Morgan fingerprint density at radius 3 is 2.40 bits per heavy atom. The zero-order valence-corrected chi connectivity index (χ0v) is 5.75. The molecule has 0 spiro atoms. The van der Waals surface area contributed by atoms with E-state index in [4.69, 9.17) is 5.26 Å². The van der Waals surface area contributed by atoms with Crippen molar-refractivity contribution in [2.24, 2.45) is 0 Å². The molecule has 0 aliphatic rings. The van der Waals surface area contributed by atoms with Crippen LogP contribution in [-0.2, 0) is 0 Å². The monoisotopic (exact) mass is 131 g/mol. The van der Waals surface area contributed by atoms with Gasteiger partial charge in [-0.15, -0.1) is 0 Å². The highest BCUT2D eigenvalue weighted by atomic mass is 14.2. The van der Waals surface area contributed by atoms with E-state index in [0.29, 0.717) is 5.57 Å². The standard InChI is InChI=1S/C9H9N/c1-3-5-6-7-9(4-2)8-10/h3-7H,1-2H2/b6-5-,9-7+. The average Bonchev–Trinajstić information content (AvgIpc) is 1.99. The minimum Gasteiger partial charge on any atom is -0.192 e. The van der Waals surface area contributed by atoms with Crippen LogP contribution in [0.15, 0.2) is 49.1 Å². The Bertz CT molecular complexity index is 213. The molecule has 0 aromatic rings. The minimum atomic E-state index is 0.554. The number of nitrogens with zero attached hydrogens (tertiary/aromatic N) is 1. The van der Waals surface area contributed by atoms with Gasteiger partial charge in [0.25, 0.3) is 0 Å². The molecule has 0 atom stereocenters. The Hall–Kier alpha value is -1.55. The van der Waals surface area contributed by atoms with E-state index in [0.717, 1.165) is 0 Å². The molecule has 0 unspecified atom stereocenters. The zero-order chi connectivity index (χ0) is 7.82. The number of hydrogen-bond acceptors (Lipinski definition) is 1. The van der Waals surface area contributed by atoms with E-state index in [9.17, 15) is 0 Å². The second kappa shape index (κ2) is 5.58. The Labute approximate surface area is 61.3 Å². The third-order valence-electron chi connectivity index (χ3n) is 0.872. The van der Waals surface area contributed by atoms with Gasteiger partial charge in [0.15, 0.2) is 0 Å². The van der Waals surface area contributed by atoms with E-state index in [-0.39, 0.29) is 0 Å². The minimum absolute atomic E-state index is 0.554. The van der Waals surface area contributed by atoms with E-state index in [1.54, 1.807) is 24.3 Å². The molecular formula is C9H9N. The van der Waals surface area contributed by atoms with Gasteiger partial charge < -0.3 is 0 Å². The molecule has 0 rings (SSSR count). The summed E-state index contributed by atoms with van der Waals surface area (Å²) in [6.45, 7) is 6.94. The lowest BCUT2D eigenvalue weighted by molar-refractivity contribution is 1.50.